The summed E-state index contributed by atoms with van der Waals surface area (Å²) >= 11 is 0. The number of ether oxygens (including phenoxy) is 1. The van der Waals surface area contributed by atoms with Gasteiger partial charge < -0.3 is 14.9 Å². The summed E-state index contributed by atoms with van der Waals surface area (Å²) < 4.78 is 21.2. The summed E-state index contributed by atoms with van der Waals surface area (Å²) in [6.45, 7) is 2.92. The van der Waals surface area contributed by atoms with Crippen LogP contribution in [0.15, 0.2) is 84.9 Å². The number of rotatable bonds is 11. The molecule has 11 heteroatoms. The summed E-state index contributed by atoms with van der Waals surface area (Å²) in [7, 11) is 1.78. The second-order valence-electron chi connectivity index (χ2n) is 12.3. The first-order chi connectivity index (χ1) is 24.0. The van der Waals surface area contributed by atoms with E-state index in [9.17, 15) is 29.4 Å². The number of carbonyl (C=O) groups is 4. The molecule has 4 amide bonds. The molecule has 50 heavy (non-hydrogen) atoms. The smallest absolute Gasteiger partial charge is 0.262 e. The van der Waals surface area contributed by atoms with Crippen LogP contribution in [-0.4, -0.2) is 69.9 Å². The number of amides is 4. The van der Waals surface area contributed by atoms with Crippen molar-refractivity contribution in [1.82, 2.24) is 15.1 Å². The van der Waals surface area contributed by atoms with Crippen molar-refractivity contribution in [2.75, 3.05) is 20.2 Å². The number of imide groups is 2. The molecule has 1 unspecified atom stereocenters. The maximum atomic E-state index is 15.2. The number of phenolic OH excluding ortho intramolecular Hbond substituents is 2. The first-order valence-electron chi connectivity index (χ1n) is 16.3. The predicted octanol–water partition coefficient (Wildman–Crippen LogP) is 5.52. The second kappa shape index (κ2) is 14.4. The Kier molecular flexibility index (Phi) is 9.78. The first-order valence-corrected chi connectivity index (χ1v) is 16.3. The summed E-state index contributed by atoms with van der Waals surface area (Å²) in [5, 5.41) is 21.9. The number of carbonyl (C=O) groups excluding carboxylic acids is 4. The van der Waals surface area contributed by atoms with Crippen LogP contribution >= 0.6 is 0 Å². The number of benzene rings is 4. The fraction of sp³-hybridized carbons (Fsp3) is 0.231. The van der Waals surface area contributed by atoms with E-state index in [4.69, 9.17) is 4.74 Å². The molecule has 2 heterocycles. The quantitative estimate of drug-likeness (QED) is 0.140. The Balaban J connectivity index is 1.12. The van der Waals surface area contributed by atoms with Gasteiger partial charge in [0.15, 0.2) is 0 Å². The third-order valence-electron chi connectivity index (χ3n) is 8.96. The van der Waals surface area contributed by atoms with Crippen LogP contribution in [0.4, 0.5) is 4.39 Å². The maximum Gasteiger partial charge on any atom is 0.262 e. The van der Waals surface area contributed by atoms with Crippen LogP contribution in [0, 0.1) is 5.82 Å². The monoisotopic (exact) mass is 677 g/mol. The van der Waals surface area contributed by atoms with Gasteiger partial charge in [-0.15, -0.1) is 0 Å². The van der Waals surface area contributed by atoms with Gasteiger partial charge in [0.2, 0.25) is 11.8 Å². The molecule has 1 atom stereocenters. The molecule has 2 aliphatic rings. The molecule has 1 saturated heterocycles. The van der Waals surface area contributed by atoms with Crippen molar-refractivity contribution in [2.24, 2.45) is 0 Å². The Labute approximate surface area is 288 Å². The largest absolute Gasteiger partial charge is 0.508 e. The number of aromatic hydroxyl groups is 2. The Morgan fingerprint density at radius 1 is 0.860 bits per heavy atom. The molecule has 0 aliphatic carbocycles. The Bertz CT molecular complexity index is 1990. The minimum Gasteiger partial charge on any atom is -0.508 e. The van der Waals surface area contributed by atoms with Crippen LogP contribution in [0.25, 0.3) is 11.1 Å². The predicted molar refractivity (Wildman–Crippen MR) is 184 cm³/mol. The molecule has 10 nitrogen and oxygen atoms in total. The highest BCUT2D eigenvalue weighted by molar-refractivity contribution is 6.23. The Morgan fingerprint density at radius 3 is 2.00 bits per heavy atom. The average Bonchev–Trinajstić information content (AvgIpc) is 3.33. The van der Waals surface area contributed by atoms with Gasteiger partial charge in [-0.2, -0.15) is 0 Å². The zero-order valence-electron chi connectivity index (χ0n) is 27.6. The van der Waals surface area contributed by atoms with Crippen molar-refractivity contribution >= 4 is 34.8 Å². The third-order valence-corrected chi connectivity index (χ3v) is 8.96. The number of piperidine rings is 1. The molecular formula is C39H36FN3O7. The highest BCUT2D eigenvalue weighted by Gasteiger charge is 2.45. The maximum absolute atomic E-state index is 15.2. The lowest BCUT2D eigenvalue weighted by Crippen LogP contribution is -2.54. The SMILES string of the molecule is CCC(=C(c1ccc(O)cc1)c1ccc(OCCN(C)Cc2cc3c(cc2F)C(=O)N(C2CCC(=O)NC2=O)C3=O)cc1)c1ccc(O)cc1. The number of halogens is 1. The van der Waals surface area contributed by atoms with Gasteiger partial charge in [-0.1, -0.05) is 43.3 Å². The summed E-state index contributed by atoms with van der Waals surface area (Å²) in [4.78, 5) is 52.7. The lowest BCUT2D eigenvalue weighted by atomic mass is 9.88. The van der Waals surface area contributed by atoms with Gasteiger partial charge in [-0.3, -0.25) is 34.3 Å². The number of nitrogens with one attached hydrogen (secondary N) is 1. The van der Waals surface area contributed by atoms with E-state index < -0.39 is 35.5 Å². The van der Waals surface area contributed by atoms with E-state index in [0.717, 1.165) is 45.2 Å². The molecule has 4 aromatic rings. The second-order valence-corrected chi connectivity index (χ2v) is 12.3. The van der Waals surface area contributed by atoms with Crippen LogP contribution in [0.1, 0.15) is 69.2 Å². The lowest BCUT2D eigenvalue weighted by molar-refractivity contribution is -0.136. The molecule has 2 aliphatic heterocycles. The average molecular weight is 678 g/mol. The van der Waals surface area contributed by atoms with Gasteiger partial charge in [0.1, 0.15) is 35.7 Å². The minimum absolute atomic E-state index is 0.000861. The number of hydrogen-bond donors (Lipinski definition) is 3. The molecule has 0 saturated carbocycles. The van der Waals surface area contributed by atoms with E-state index in [1.54, 1.807) is 31.3 Å². The lowest BCUT2D eigenvalue weighted by Gasteiger charge is -2.27. The number of nitrogens with zero attached hydrogens (tertiary/aromatic N) is 2. The van der Waals surface area contributed by atoms with Gasteiger partial charge in [-0.05, 0) is 96.3 Å². The van der Waals surface area contributed by atoms with Crippen molar-refractivity contribution in [3.63, 3.8) is 0 Å². The standard InChI is InChI=1S/C39H36FN3O7/c1-3-30(23-4-10-27(44)11-5-23)36(24-6-12-28(45)13-7-24)25-8-14-29(15-9-25)50-19-18-42(2)22-26-20-31-32(21-33(26)40)39(49)43(38(31)48)34-16-17-35(46)41-37(34)47/h4-15,20-21,34,44-45H,3,16-19,22H2,1-2H3,(H,41,46,47). The molecule has 4 aromatic carbocycles. The summed E-state index contributed by atoms with van der Waals surface area (Å²) in [6.07, 6.45) is 0.741. The zero-order chi connectivity index (χ0) is 35.5. The fourth-order valence-electron chi connectivity index (χ4n) is 6.39. The zero-order valence-corrected chi connectivity index (χ0v) is 27.6. The molecule has 3 N–H and O–H groups in total. The van der Waals surface area contributed by atoms with Crippen molar-refractivity contribution in [3.05, 3.63) is 124 Å². The highest BCUT2D eigenvalue weighted by Crippen LogP contribution is 2.36. The van der Waals surface area contributed by atoms with Crippen LogP contribution < -0.4 is 10.1 Å². The van der Waals surface area contributed by atoms with Gasteiger partial charge in [0.25, 0.3) is 11.8 Å². The van der Waals surface area contributed by atoms with Gasteiger partial charge >= 0.3 is 0 Å². The highest BCUT2D eigenvalue weighted by atomic mass is 19.1. The van der Waals surface area contributed by atoms with E-state index in [0.29, 0.717) is 12.3 Å². The molecule has 0 radical (unpaired) electrons. The van der Waals surface area contributed by atoms with Crippen molar-refractivity contribution in [3.8, 4) is 17.2 Å². The van der Waals surface area contributed by atoms with Crippen LogP contribution in [0.5, 0.6) is 17.2 Å². The normalized spacial score (nSPS) is 16.4. The fourth-order valence-corrected chi connectivity index (χ4v) is 6.39. The third kappa shape index (κ3) is 6.99. The summed E-state index contributed by atoms with van der Waals surface area (Å²) in [5.41, 5.74) is 5.04. The Morgan fingerprint density at radius 2 is 1.42 bits per heavy atom. The summed E-state index contributed by atoms with van der Waals surface area (Å²) in [5.74, 6) is -2.29. The first kappa shape index (κ1) is 34.1. The van der Waals surface area contributed by atoms with Crippen molar-refractivity contribution in [1.29, 1.82) is 0 Å². The van der Waals surface area contributed by atoms with Gasteiger partial charge in [-0.25, -0.2) is 4.39 Å². The molecule has 0 spiro atoms. The molecule has 6 rings (SSSR count). The van der Waals surface area contributed by atoms with Gasteiger partial charge in [0, 0.05) is 25.1 Å². The minimum atomic E-state index is -1.12. The molecular weight excluding hydrogens is 641 g/mol. The molecule has 256 valence electrons. The van der Waals surface area contributed by atoms with E-state index in [2.05, 4.69) is 12.2 Å². The van der Waals surface area contributed by atoms with E-state index in [1.807, 2.05) is 53.4 Å². The van der Waals surface area contributed by atoms with E-state index >= 15 is 4.39 Å². The molecule has 0 aromatic heterocycles. The van der Waals surface area contributed by atoms with E-state index in [-0.39, 0.29) is 54.2 Å². The number of hydrogen-bond acceptors (Lipinski definition) is 8. The number of likely N-dealkylation sites (N-methyl/N-ethyl adjacent to an activating group) is 1. The van der Waals surface area contributed by atoms with Gasteiger partial charge in [0.05, 0.1) is 11.1 Å². The number of allylic oxidation sites excluding steroid dienone is 1. The van der Waals surface area contributed by atoms with Crippen LogP contribution in [0.2, 0.25) is 0 Å². The Hall–Kier alpha value is -5.81. The summed E-state index contributed by atoms with van der Waals surface area (Å²) in [6, 6.07) is 23.1. The van der Waals surface area contributed by atoms with Crippen LogP contribution in [-0.2, 0) is 16.1 Å². The van der Waals surface area contributed by atoms with Crippen LogP contribution in [0.3, 0.4) is 0 Å². The molecule has 1 fully saturated rings. The van der Waals surface area contributed by atoms with E-state index in [1.165, 1.54) is 6.07 Å². The van der Waals surface area contributed by atoms with Crippen molar-refractivity contribution in [2.45, 2.75) is 38.8 Å². The molecule has 0 bridgehead atoms. The number of fused-ring (bicyclic) bond motifs is 1. The number of phenols is 2. The topological polar surface area (TPSA) is 136 Å². The van der Waals surface area contributed by atoms with Crippen molar-refractivity contribution < 1.29 is 38.5 Å².